The number of amidine groups is 1. The molecule has 0 radical (unpaired) electrons. The lowest BCUT2D eigenvalue weighted by molar-refractivity contribution is 0.411. The third-order valence-corrected chi connectivity index (χ3v) is 5.37. The van der Waals surface area contributed by atoms with Crippen LogP contribution in [0.1, 0.15) is 17.0 Å². The van der Waals surface area contributed by atoms with E-state index in [0.29, 0.717) is 10.9 Å². The molecule has 136 valence electrons. The van der Waals surface area contributed by atoms with Gasteiger partial charge in [0.1, 0.15) is 17.4 Å². The Morgan fingerprint density at radius 3 is 2.81 bits per heavy atom. The first-order valence-electron chi connectivity index (χ1n) is 8.41. The van der Waals surface area contributed by atoms with Gasteiger partial charge < -0.3 is 15.0 Å². The fourth-order valence-electron chi connectivity index (χ4n) is 3.29. The predicted octanol–water partition coefficient (Wildman–Crippen LogP) is 4.07. The molecule has 0 saturated heterocycles. The molecule has 1 aliphatic heterocycles. The highest BCUT2D eigenvalue weighted by Gasteiger charge is 2.32. The Kier molecular flexibility index (Phi) is 4.11. The van der Waals surface area contributed by atoms with Crippen molar-refractivity contribution in [1.29, 1.82) is 5.41 Å². The molecule has 2 heterocycles. The van der Waals surface area contributed by atoms with E-state index in [-0.39, 0.29) is 35.1 Å². The van der Waals surface area contributed by atoms with Gasteiger partial charge >= 0.3 is 0 Å². The molecule has 0 amide bonds. The van der Waals surface area contributed by atoms with Crippen LogP contribution in [0.5, 0.6) is 0 Å². The molecule has 6 nitrogen and oxygen atoms in total. The molecular weight excluding hydrogens is 408 g/mol. The lowest BCUT2D eigenvalue weighted by Crippen LogP contribution is -2.27. The van der Waals surface area contributed by atoms with Crippen LogP contribution >= 0.6 is 15.9 Å². The van der Waals surface area contributed by atoms with Gasteiger partial charge in [0, 0.05) is 10.2 Å². The maximum absolute atomic E-state index is 12.5. The summed E-state index contributed by atoms with van der Waals surface area (Å²) < 4.78 is 0.784. The molecule has 0 saturated carbocycles. The summed E-state index contributed by atoms with van der Waals surface area (Å²) in [6.45, 7) is 4.16. The highest BCUT2D eigenvalue weighted by Crippen LogP contribution is 2.32. The van der Waals surface area contributed by atoms with E-state index in [1.54, 1.807) is 23.1 Å². The minimum absolute atomic E-state index is 0.0144. The zero-order chi connectivity index (χ0) is 19.3. The van der Waals surface area contributed by atoms with Crippen molar-refractivity contribution >= 4 is 43.9 Å². The second-order valence-electron chi connectivity index (χ2n) is 6.55. The van der Waals surface area contributed by atoms with Gasteiger partial charge in [0.2, 0.25) is 0 Å². The van der Waals surface area contributed by atoms with Crippen LogP contribution in [-0.4, -0.2) is 27.5 Å². The number of aryl methyl sites for hydroxylation is 1. The number of benzene rings is 2. The highest BCUT2D eigenvalue weighted by molar-refractivity contribution is 9.10. The monoisotopic (exact) mass is 424 g/mol. The van der Waals surface area contributed by atoms with Crippen LogP contribution in [0.3, 0.4) is 0 Å². The van der Waals surface area contributed by atoms with Gasteiger partial charge in [-0.1, -0.05) is 28.1 Å². The molecule has 7 heteroatoms. The van der Waals surface area contributed by atoms with Gasteiger partial charge in [-0.05, 0) is 49.2 Å². The highest BCUT2D eigenvalue weighted by atomic mass is 79.9. The molecule has 4 rings (SSSR count). The van der Waals surface area contributed by atoms with Gasteiger partial charge in [0.05, 0.1) is 23.0 Å². The number of nitrogens with zero attached hydrogens (tertiary/aromatic N) is 2. The molecule has 0 spiro atoms. The van der Waals surface area contributed by atoms with Crippen molar-refractivity contribution in [2.24, 2.45) is 0 Å². The second-order valence-corrected chi connectivity index (χ2v) is 7.47. The van der Waals surface area contributed by atoms with Gasteiger partial charge in [0.15, 0.2) is 0 Å². The number of aromatic amines is 1. The van der Waals surface area contributed by atoms with Crippen molar-refractivity contribution in [1.82, 2.24) is 9.97 Å². The van der Waals surface area contributed by atoms with Gasteiger partial charge in [0.25, 0.3) is 5.56 Å². The Bertz CT molecular complexity index is 1200. The van der Waals surface area contributed by atoms with Crippen molar-refractivity contribution in [2.45, 2.75) is 13.8 Å². The lowest BCUT2D eigenvalue weighted by Gasteiger charge is -2.22. The molecule has 0 fully saturated rings. The lowest BCUT2D eigenvalue weighted by atomic mass is 10.1. The number of aromatic nitrogens is 2. The van der Waals surface area contributed by atoms with E-state index in [1.807, 2.05) is 32.0 Å². The molecule has 3 aromatic rings. The van der Waals surface area contributed by atoms with Crippen LogP contribution in [0.15, 0.2) is 51.4 Å². The zero-order valence-electron chi connectivity index (χ0n) is 14.8. The zero-order valence-corrected chi connectivity index (χ0v) is 16.4. The van der Waals surface area contributed by atoms with Crippen LogP contribution in [0.25, 0.3) is 16.5 Å². The first-order valence-corrected chi connectivity index (χ1v) is 9.21. The summed E-state index contributed by atoms with van der Waals surface area (Å²) in [6, 6.07) is 11.1. The van der Waals surface area contributed by atoms with Gasteiger partial charge in [-0.15, -0.1) is 0 Å². The first-order chi connectivity index (χ1) is 12.9. The predicted molar refractivity (Wildman–Crippen MR) is 111 cm³/mol. The smallest absolute Gasteiger partial charge is 0.259 e. The fourth-order valence-corrected chi connectivity index (χ4v) is 3.65. The number of hydrogen-bond acceptors (Lipinski definition) is 4. The van der Waals surface area contributed by atoms with E-state index in [9.17, 15) is 9.90 Å². The van der Waals surface area contributed by atoms with E-state index < -0.39 is 0 Å². The normalized spacial score (nSPS) is 14.5. The summed E-state index contributed by atoms with van der Waals surface area (Å²) in [5.41, 5.74) is 3.45. The molecule has 0 unspecified atom stereocenters. The molecule has 1 aromatic heterocycles. The van der Waals surface area contributed by atoms with Gasteiger partial charge in [-0.3, -0.25) is 10.2 Å². The Labute approximate surface area is 163 Å². The topological polar surface area (TPSA) is 93.1 Å². The number of fused-ring (bicyclic) bond motifs is 1. The first kappa shape index (κ1) is 17.5. The van der Waals surface area contributed by atoms with Crippen LogP contribution in [0, 0.1) is 19.3 Å². The maximum Gasteiger partial charge on any atom is 0.259 e. The SMILES string of the molecule is Cc1cccc(N2CC(O)=C(c3nc4ccc(Br)cc4c(=O)[nH]3)C2=N)c1C. The molecular formula is C20H17BrN4O2. The number of halogens is 1. The fraction of sp³-hybridized carbons (Fsp3) is 0.150. The molecule has 0 bridgehead atoms. The van der Waals surface area contributed by atoms with E-state index >= 15 is 0 Å². The van der Waals surface area contributed by atoms with E-state index in [2.05, 4.69) is 25.9 Å². The van der Waals surface area contributed by atoms with Crippen LogP contribution in [-0.2, 0) is 0 Å². The third kappa shape index (κ3) is 2.84. The van der Waals surface area contributed by atoms with Crippen LogP contribution in [0.4, 0.5) is 5.69 Å². The third-order valence-electron chi connectivity index (χ3n) is 4.87. The van der Waals surface area contributed by atoms with Gasteiger partial charge in [-0.25, -0.2) is 4.98 Å². The largest absolute Gasteiger partial charge is 0.509 e. The van der Waals surface area contributed by atoms with E-state index in [4.69, 9.17) is 5.41 Å². The maximum atomic E-state index is 12.5. The van der Waals surface area contributed by atoms with Crippen LogP contribution in [0.2, 0.25) is 0 Å². The Hall–Kier alpha value is -2.93. The van der Waals surface area contributed by atoms with Crippen molar-refractivity contribution in [3.63, 3.8) is 0 Å². The minimum atomic E-state index is -0.311. The minimum Gasteiger partial charge on any atom is -0.509 e. The Morgan fingerprint density at radius 2 is 2.04 bits per heavy atom. The molecule has 27 heavy (non-hydrogen) atoms. The summed E-state index contributed by atoms with van der Waals surface area (Å²) in [5, 5.41) is 19.6. The number of nitrogens with one attached hydrogen (secondary N) is 2. The molecule has 3 N–H and O–H groups in total. The number of hydrogen-bond donors (Lipinski definition) is 3. The summed E-state index contributed by atoms with van der Waals surface area (Å²) in [6.07, 6.45) is 0. The van der Waals surface area contributed by atoms with Crippen molar-refractivity contribution in [3.8, 4) is 0 Å². The summed E-state index contributed by atoms with van der Waals surface area (Å²) >= 11 is 3.35. The van der Waals surface area contributed by atoms with Crippen LogP contribution < -0.4 is 10.5 Å². The molecule has 1 aliphatic rings. The summed E-state index contributed by atoms with van der Waals surface area (Å²) in [4.78, 5) is 21.4. The number of aliphatic hydroxyl groups excluding tert-OH is 1. The molecule has 0 aliphatic carbocycles. The summed E-state index contributed by atoms with van der Waals surface area (Å²) in [5.74, 6) is 0.325. The Morgan fingerprint density at radius 1 is 1.26 bits per heavy atom. The second kappa shape index (κ2) is 6.35. The number of H-pyrrole nitrogens is 1. The molecule has 0 atom stereocenters. The van der Waals surface area contributed by atoms with Crippen molar-refractivity contribution in [2.75, 3.05) is 11.4 Å². The number of anilines is 1. The number of rotatable bonds is 2. The Balaban J connectivity index is 1.81. The molecule has 2 aromatic carbocycles. The van der Waals surface area contributed by atoms with Crippen molar-refractivity contribution in [3.05, 3.63) is 73.9 Å². The average molecular weight is 425 g/mol. The van der Waals surface area contributed by atoms with E-state index in [1.165, 1.54) is 0 Å². The van der Waals surface area contributed by atoms with Crippen molar-refractivity contribution < 1.29 is 5.11 Å². The number of aliphatic hydroxyl groups is 1. The standard InChI is InChI=1S/C20H17BrN4O2/c1-10-4-3-5-15(11(10)2)25-9-16(26)17(18(25)22)19-23-14-7-6-12(21)8-13(14)20(27)24-19/h3-8,22,26H,9H2,1-2H3,(H,23,24,27). The quantitative estimate of drug-likeness (QED) is 0.577. The van der Waals surface area contributed by atoms with E-state index in [0.717, 1.165) is 21.3 Å². The summed E-state index contributed by atoms with van der Waals surface area (Å²) in [7, 11) is 0. The van der Waals surface area contributed by atoms with Gasteiger partial charge in [-0.2, -0.15) is 0 Å². The average Bonchev–Trinajstić information content (AvgIpc) is 2.92.